The van der Waals surface area contributed by atoms with Gasteiger partial charge in [-0.1, -0.05) is 41.9 Å². The summed E-state index contributed by atoms with van der Waals surface area (Å²) in [7, 11) is -2.11. The van der Waals surface area contributed by atoms with Crippen LogP contribution in [0, 0.1) is 13.8 Å². The van der Waals surface area contributed by atoms with E-state index in [2.05, 4.69) is 10.4 Å². The number of sulfonamides is 1. The molecule has 1 heterocycles. The van der Waals surface area contributed by atoms with E-state index >= 15 is 0 Å². The minimum absolute atomic E-state index is 0.0132. The second kappa shape index (κ2) is 8.99. The standard InChI is InChI=1S/C21H23ClN4O3S/c1-15-21(22)16(2)26(24-15)14-20(27)23-18-9-11-19(12-10-18)30(28,29)25(3)13-17-7-5-4-6-8-17/h4-12H,13-14H2,1-3H3,(H,23,27). The number of aromatic nitrogens is 2. The number of benzene rings is 2. The van der Waals surface area contributed by atoms with Crippen molar-refractivity contribution in [3.63, 3.8) is 0 Å². The van der Waals surface area contributed by atoms with E-state index in [1.165, 1.54) is 28.2 Å². The summed E-state index contributed by atoms with van der Waals surface area (Å²) in [6.45, 7) is 3.85. The van der Waals surface area contributed by atoms with Crippen LogP contribution in [0.5, 0.6) is 0 Å². The Hall–Kier alpha value is -2.68. The zero-order valence-electron chi connectivity index (χ0n) is 17.0. The maximum atomic E-state index is 12.8. The first-order chi connectivity index (χ1) is 14.2. The summed E-state index contributed by atoms with van der Waals surface area (Å²) in [5.41, 5.74) is 2.78. The molecule has 0 saturated heterocycles. The fourth-order valence-corrected chi connectivity index (χ4v) is 4.28. The highest BCUT2D eigenvalue weighted by atomic mass is 35.5. The van der Waals surface area contributed by atoms with Gasteiger partial charge >= 0.3 is 0 Å². The number of nitrogens with one attached hydrogen (secondary N) is 1. The number of aryl methyl sites for hydroxylation is 1. The molecule has 3 aromatic rings. The number of carbonyl (C=O) groups is 1. The molecule has 0 saturated carbocycles. The van der Waals surface area contributed by atoms with Crippen molar-refractivity contribution >= 4 is 33.2 Å². The van der Waals surface area contributed by atoms with Crippen LogP contribution in [-0.2, 0) is 27.9 Å². The third-order valence-electron chi connectivity index (χ3n) is 4.68. The lowest BCUT2D eigenvalue weighted by Crippen LogP contribution is -2.26. The monoisotopic (exact) mass is 446 g/mol. The molecular formula is C21H23ClN4O3S. The maximum absolute atomic E-state index is 12.8. The molecule has 1 aromatic heterocycles. The largest absolute Gasteiger partial charge is 0.324 e. The molecule has 0 radical (unpaired) electrons. The molecule has 7 nitrogen and oxygen atoms in total. The summed E-state index contributed by atoms with van der Waals surface area (Å²) in [6, 6.07) is 15.5. The fraction of sp³-hybridized carbons (Fsp3) is 0.238. The highest BCUT2D eigenvalue weighted by molar-refractivity contribution is 7.89. The van der Waals surface area contributed by atoms with Gasteiger partial charge in [0.2, 0.25) is 15.9 Å². The predicted octanol–water partition coefficient (Wildman–Crippen LogP) is 3.61. The van der Waals surface area contributed by atoms with E-state index in [1.807, 2.05) is 30.3 Å². The highest BCUT2D eigenvalue weighted by Crippen LogP contribution is 2.20. The van der Waals surface area contributed by atoms with Crippen LogP contribution < -0.4 is 5.32 Å². The molecule has 0 aliphatic carbocycles. The minimum Gasteiger partial charge on any atom is -0.324 e. The number of hydrogen-bond acceptors (Lipinski definition) is 4. The van der Waals surface area contributed by atoms with Gasteiger partial charge in [0, 0.05) is 19.3 Å². The fourth-order valence-electron chi connectivity index (χ4n) is 2.98. The van der Waals surface area contributed by atoms with Gasteiger partial charge in [-0.3, -0.25) is 9.48 Å². The maximum Gasteiger partial charge on any atom is 0.246 e. The van der Waals surface area contributed by atoms with Crippen LogP contribution in [0.3, 0.4) is 0 Å². The number of hydrogen-bond donors (Lipinski definition) is 1. The van der Waals surface area contributed by atoms with Crippen molar-refractivity contribution in [1.29, 1.82) is 0 Å². The molecule has 2 aromatic carbocycles. The van der Waals surface area contributed by atoms with E-state index in [1.54, 1.807) is 26.0 Å². The van der Waals surface area contributed by atoms with Gasteiger partial charge in [-0.25, -0.2) is 8.42 Å². The number of carbonyl (C=O) groups excluding carboxylic acids is 1. The average molecular weight is 447 g/mol. The second-order valence-corrected chi connectivity index (χ2v) is 9.38. The van der Waals surface area contributed by atoms with Gasteiger partial charge in [-0.05, 0) is 43.7 Å². The Bertz CT molecular complexity index is 1140. The highest BCUT2D eigenvalue weighted by Gasteiger charge is 2.21. The van der Waals surface area contributed by atoms with E-state index in [0.717, 1.165) is 5.56 Å². The zero-order valence-corrected chi connectivity index (χ0v) is 18.5. The number of halogens is 1. The van der Waals surface area contributed by atoms with Crippen molar-refractivity contribution in [2.24, 2.45) is 0 Å². The summed E-state index contributed by atoms with van der Waals surface area (Å²) in [5.74, 6) is -0.283. The molecule has 3 rings (SSSR count). The Balaban J connectivity index is 1.66. The molecule has 158 valence electrons. The topological polar surface area (TPSA) is 84.3 Å². The van der Waals surface area contributed by atoms with Crippen LogP contribution in [0.4, 0.5) is 5.69 Å². The van der Waals surface area contributed by atoms with Crippen molar-refractivity contribution in [2.75, 3.05) is 12.4 Å². The summed E-state index contributed by atoms with van der Waals surface area (Å²) in [6.07, 6.45) is 0. The molecule has 0 bridgehead atoms. The average Bonchev–Trinajstić information content (AvgIpc) is 2.95. The number of rotatable bonds is 7. The van der Waals surface area contributed by atoms with Crippen molar-refractivity contribution in [2.45, 2.75) is 31.8 Å². The van der Waals surface area contributed by atoms with Crippen LogP contribution in [0.15, 0.2) is 59.5 Å². The number of amides is 1. The van der Waals surface area contributed by atoms with Crippen LogP contribution in [0.2, 0.25) is 5.02 Å². The normalized spacial score (nSPS) is 11.6. The molecule has 0 aliphatic heterocycles. The third kappa shape index (κ3) is 4.89. The molecule has 0 fully saturated rings. The van der Waals surface area contributed by atoms with Crippen LogP contribution >= 0.6 is 11.6 Å². The molecule has 9 heteroatoms. The molecule has 30 heavy (non-hydrogen) atoms. The Morgan fingerprint density at radius 1 is 1.10 bits per heavy atom. The van der Waals surface area contributed by atoms with Gasteiger partial charge in [-0.15, -0.1) is 0 Å². The predicted molar refractivity (Wildman–Crippen MR) is 117 cm³/mol. The Morgan fingerprint density at radius 2 is 1.73 bits per heavy atom. The number of anilines is 1. The molecule has 1 amide bonds. The van der Waals surface area contributed by atoms with Gasteiger partial charge in [-0.2, -0.15) is 9.40 Å². The van der Waals surface area contributed by atoms with Gasteiger partial charge in [0.25, 0.3) is 0 Å². The van der Waals surface area contributed by atoms with Gasteiger partial charge in [0.15, 0.2) is 0 Å². The molecule has 0 unspecified atom stereocenters. The zero-order chi connectivity index (χ0) is 21.9. The molecule has 0 aliphatic rings. The van der Waals surface area contributed by atoms with E-state index in [0.29, 0.717) is 22.1 Å². The van der Waals surface area contributed by atoms with E-state index < -0.39 is 10.0 Å². The van der Waals surface area contributed by atoms with Crippen LogP contribution in [-0.4, -0.2) is 35.5 Å². The summed E-state index contributed by atoms with van der Waals surface area (Å²) >= 11 is 6.10. The van der Waals surface area contributed by atoms with Gasteiger partial charge in [0.05, 0.1) is 21.3 Å². The lowest BCUT2D eigenvalue weighted by atomic mass is 10.2. The van der Waals surface area contributed by atoms with Crippen molar-refractivity contribution < 1.29 is 13.2 Å². The lowest BCUT2D eigenvalue weighted by Gasteiger charge is -2.17. The first-order valence-electron chi connectivity index (χ1n) is 9.28. The van der Waals surface area contributed by atoms with Crippen molar-refractivity contribution in [3.8, 4) is 0 Å². The first-order valence-corrected chi connectivity index (χ1v) is 11.1. The SMILES string of the molecule is Cc1nn(CC(=O)Nc2ccc(S(=O)(=O)N(C)Cc3ccccc3)cc2)c(C)c1Cl. The Labute approximate surface area is 181 Å². The van der Waals surface area contributed by atoms with E-state index in [-0.39, 0.29) is 23.9 Å². The molecular weight excluding hydrogens is 424 g/mol. The lowest BCUT2D eigenvalue weighted by molar-refractivity contribution is -0.116. The summed E-state index contributed by atoms with van der Waals surface area (Å²) < 4.78 is 28.4. The summed E-state index contributed by atoms with van der Waals surface area (Å²) in [4.78, 5) is 12.5. The Kier molecular flexibility index (Phi) is 6.60. The molecule has 0 spiro atoms. The van der Waals surface area contributed by atoms with Gasteiger partial charge < -0.3 is 5.32 Å². The second-order valence-electron chi connectivity index (χ2n) is 6.96. The van der Waals surface area contributed by atoms with Crippen molar-refractivity contribution in [3.05, 3.63) is 76.6 Å². The van der Waals surface area contributed by atoms with Gasteiger partial charge in [0.1, 0.15) is 6.54 Å². The van der Waals surface area contributed by atoms with Crippen LogP contribution in [0.25, 0.3) is 0 Å². The summed E-state index contributed by atoms with van der Waals surface area (Å²) in [5, 5.41) is 7.51. The van der Waals surface area contributed by atoms with Crippen LogP contribution in [0.1, 0.15) is 17.0 Å². The Morgan fingerprint density at radius 3 is 2.30 bits per heavy atom. The van der Waals surface area contributed by atoms with E-state index in [4.69, 9.17) is 11.6 Å². The molecule has 0 atom stereocenters. The quantitative estimate of drug-likeness (QED) is 0.600. The first kappa shape index (κ1) is 22.0. The minimum atomic E-state index is -3.65. The number of nitrogens with zero attached hydrogens (tertiary/aromatic N) is 3. The third-order valence-corrected chi connectivity index (χ3v) is 7.05. The van der Waals surface area contributed by atoms with Crippen molar-refractivity contribution in [1.82, 2.24) is 14.1 Å². The molecule has 1 N–H and O–H groups in total. The van der Waals surface area contributed by atoms with E-state index in [9.17, 15) is 13.2 Å². The smallest absolute Gasteiger partial charge is 0.246 e.